The molecule has 18 heavy (non-hydrogen) atoms. The van der Waals surface area contributed by atoms with Gasteiger partial charge in [0.05, 0.1) is 0 Å². The Morgan fingerprint density at radius 1 is 1.44 bits per heavy atom. The first-order chi connectivity index (χ1) is 8.49. The van der Waals surface area contributed by atoms with E-state index in [1.807, 2.05) is 13.8 Å². The summed E-state index contributed by atoms with van der Waals surface area (Å²) in [5, 5.41) is 0. The van der Waals surface area contributed by atoms with Crippen LogP contribution in [0.3, 0.4) is 0 Å². The summed E-state index contributed by atoms with van der Waals surface area (Å²) >= 11 is 0. The van der Waals surface area contributed by atoms with Gasteiger partial charge >= 0.3 is 0 Å². The number of hydrogen-bond acceptors (Lipinski definition) is 3. The highest BCUT2D eigenvalue weighted by molar-refractivity contribution is 5.80. The summed E-state index contributed by atoms with van der Waals surface area (Å²) in [6, 6.07) is 4.13. The molecule has 0 heterocycles. The van der Waals surface area contributed by atoms with Crippen molar-refractivity contribution in [3.05, 3.63) is 24.0 Å². The average molecular weight is 254 g/mol. The number of carbonyl (C=O) groups excluding carboxylic acids is 1. The van der Waals surface area contributed by atoms with Crippen molar-refractivity contribution in [1.29, 1.82) is 0 Å². The zero-order chi connectivity index (χ0) is 13.7. The van der Waals surface area contributed by atoms with Crippen LogP contribution in [0.2, 0.25) is 0 Å². The third kappa shape index (κ3) is 3.35. The van der Waals surface area contributed by atoms with E-state index in [1.165, 1.54) is 18.2 Å². The smallest absolute Gasteiger partial charge is 0.263 e. The fourth-order valence-corrected chi connectivity index (χ4v) is 1.65. The van der Waals surface area contributed by atoms with E-state index < -0.39 is 11.9 Å². The summed E-state index contributed by atoms with van der Waals surface area (Å²) in [5.41, 5.74) is 5.76. The van der Waals surface area contributed by atoms with Crippen LogP contribution in [0.1, 0.15) is 20.8 Å². The van der Waals surface area contributed by atoms with E-state index in [0.717, 1.165) is 0 Å². The average Bonchev–Trinajstić information content (AvgIpc) is 2.34. The molecule has 0 fully saturated rings. The Morgan fingerprint density at radius 3 is 2.56 bits per heavy atom. The van der Waals surface area contributed by atoms with Crippen molar-refractivity contribution in [2.75, 3.05) is 18.8 Å². The number of ether oxygens (including phenoxy) is 1. The standard InChI is InChI=1S/C13H19FN2O2/c1-4-16(5-2)13(17)9(3)18-12-7-6-10(15)8-11(12)14/h6-9H,4-5,15H2,1-3H3. The molecule has 1 unspecified atom stereocenters. The summed E-state index contributed by atoms with van der Waals surface area (Å²) in [6.45, 7) is 6.59. The number of benzene rings is 1. The summed E-state index contributed by atoms with van der Waals surface area (Å²) in [6.07, 6.45) is -0.719. The molecule has 0 aliphatic heterocycles. The predicted octanol–water partition coefficient (Wildman–Crippen LogP) is 2.04. The SMILES string of the molecule is CCN(CC)C(=O)C(C)Oc1ccc(N)cc1F. The lowest BCUT2D eigenvalue weighted by atomic mass is 10.3. The second-order valence-electron chi connectivity index (χ2n) is 3.96. The molecule has 1 amide bonds. The first-order valence-electron chi connectivity index (χ1n) is 6.00. The quantitative estimate of drug-likeness (QED) is 0.818. The third-order valence-corrected chi connectivity index (χ3v) is 2.68. The van der Waals surface area contributed by atoms with Gasteiger partial charge in [-0.2, -0.15) is 0 Å². The van der Waals surface area contributed by atoms with E-state index in [9.17, 15) is 9.18 Å². The molecule has 1 aromatic rings. The molecule has 1 atom stereocenters. The molecule has 1 aromatic carbocycles. The first kappa shape index (κ1) is 14.3. The van der Waals surface area contributed by atoms with Crippen molar-refractivity contribution in [3.63, 3.8) is 0 Å². The Bertz CT molecular complexity index is 419. The first-order valence-corrected chi connectivity index (χ1v) is 6.00. The maximum Gasteiger partial charge on any atom is 0.263 e. The topological polar surface area (TPSA) is 55.6 Å². The molecule has 0 aliphatic rings. The normalized spacial score (nSPS) is 12.0. The van der Waals surface area contributed by atoms with Crippen LogP contribution in [0.25, 0.3) is 0 Å². The van der Waals surface area contributed by atoms with Crippen LogP contribution < -0.4 is 10.5 Å². The minimum atomic E-state index is -0.719. The highest BCUT2D eigenvalue weighted by Gasteiger charge is 2.20. The van der Waals surface area contributed by atoms with Gasteiger partial charge in [-0.1, -0.05) is 0 Å². The Morgan fingerprint density at radius 2 is 2.06 bits per heavy atom. The molecule has 0 aliphatic carbocycles. The van der Waals surface area contributed by atoms with Gasteiger partial charge in [0.2, 0.25) is 0 Å². The molecule has 1 rings (SSSR count). The Hall–Kier alpha value is -1.78. The van der Waals surface area contributed by atoms with Crippen molar-refractivity contribution < 1.29 is 13.9 Å². The van der Waals surface area contributed by atoms with Gasteiger partial charge in [-0.15, -0.1) is 0 Å². The molecule has 0 bridgehead atoms. The molecular weight excluding hydrogens is 235 g/mol. The summed E-state index contributed by atoms with van der Waals surface area (Å²) in [7, 11) is 0. The molecule has 0 radical (unpaired) electrons. The molecule has 100 valence electrons. The van der Waals surface area contributed by atoms with Gasteiger partial charge in [0.1, 0.15) is 0 Å². The lowest BCUT2D eigenvalue weighted by Gasteiger charge is -2.23. The van der Waals surface area contributed by atoms with Crippen molar-refractivity contribution >= 4 is 11.6 Å². The van der Waals surface area contributed by atoms with E-state index in [2.05, 4.69) is 0 Å². The van der Waals surface area contributed by atoms with Crippen molar-refractivity contribution in [1.82, 2.24) is 4.90 Å². The van der Waals surface area contributed by atoms with E-state index in [1.54, 1.807) is 11.8 Å². The Labute approximate surface area is 107 Å². The van der Waals surface area contributed by atoms with Crippen LogP contribution in [-0.4, -0.2) is 30.0 Å². The van der Waals surface area contributed by atoms with Gasteiger partial charge in [0.15, 0.2) is 17.7 Å². The van der Waals surface area contributed by atoms with Gasteiger partial charge in [0.25, 0.3) is 5.91 Å². The number of carbonyl (C=O) groups is 1. The number of nitrogens with two attached hydrogens (primary N) is 1. The number of hydrogen-bond donors (Lipinski definition) is 1. The summed E-state index contributed by atoms with van der Waals surface area (Å²) in [4.78, 5) is 13.6. The Kier molecular flexibility index (Phi) is 4.95. The fraction of sp³-hybridized carbons (Fsp3) is 0.462. The van der Waals surface area contributed by atoms with Gasteiger partial charge in [-0.05, 0) is 32.9 Å². The minimum absolute atomic E-state index is 0.0391. The molecule has 0 spiro atoms. The largest absolute Gasteiger partial charge is 0.478 e. The summed E-state index contributed by atoms with van der Waals surface area (Å²) in [5.74, 6) is -0.678. The second-order valence-corrected chi connectivity index (χ2v) is 3.96. The molecule has 5 heteroatoms. The number of nitrogens with zero attached hydrogens (tertiary/aromatic N) is 1. The molecular formula is C13H19FN2O2. The number of halogens is 1. The van der Waals surface area contributed by atoms with Gasteiger partial charge in [0, 0.05) is 24.8 Å². The molecule has 0 saturated heterocycles. The molecule has 0 aromatic heterocycles. The van der Waals surface area contributed by atoms with E-state index in [0.29, 0.717) is 18.8 Å². The van der Waals surface area contributed by atoms with Crippen molar-refractivity contribution in [2.45, 2.75) is 26.9 Å². The number of anilines is 1. The van der Waals surface area contributed by atoms with Crippen LogP contribution in [0.15, 0.2) is 18.2 Å². The molecule has 2 N–H and O–H groups in total. The van der Waals surface area contributed by atoms with E-state index in [-0.39, 0.29) is 11.7 Å². The van der Waals surface area contributed by atoms with Crippen LogP contribution in [0.5, 0.6) is 5.75 Å². The van der Waals surface area contributed by atoms with Crippen molar-refractivity contribution in [2.24, 2.45) is 0 Å². The van der Waals surface area contributed by atoms with Gasteiger partial charge in [-0.3, -0.25) is 4.79 Å². The highest BCUT2D eigenvalue weighted by Crippen LogP contribution is 2.20. The van der Waals surface area contributed by atoms with Crippen LogP contribution in [0.4, 0.5) is 10.1 Å². The monoisotopic (exact) mass is 254 g/mol. The predicted molar refractivity (Wildman–Crippen MR) is 68.8 cm³/mol. The minimum Gasteiger partial charge on any atom is -0.478 e. The third-order valence-electron chi connectivity index (χ3n) is 2.68. The number of amides is 1. The van der Waals surface area contributed by atoms with E-state index >= 15 is 0 Å². The summed E-state index contributed by atoms with van der Waals surface area (Å²) < 4.78 is 18.8. The van der Waals surface area contributed by atoms with Gasteiger partial charge in [-0.25, -0.2) is 4.39 Å². The van der Waals surface area contributed by atoms with Crippen LogP contribution in [0, 0.1) is 5.82 Å². The number of likely N-dealkylation sites (N-methyl/N-ethyl adjacent to an activating group) is 1. The zero-order valence-corrected chi connectivity index (χ0v) is 10.9. The number of rotatable bonds is 5. The second kappa shape index (κ2) is 6.23. The molecule has 0 saturated carbocycles. The number of nitrogen functional groups attached to an aromatic ring is 1. The maximum absolute atomic E-state index is 13.5. The van der Waals surface area contributed by atoms with Gasteiger partial charge < -0.3 is 15.4 Å². The maximum atomic E-state index is 13.5. The lowest BCUT2D eigenvalue weighted by molar-refractivity contribution is -0.137. The van der Waals surface area contributed by atoms with E-state index in [4.69, 9.17) is 10.5 Å². The van der Waals surface area contributed by atoms with Crippen LogP contribution in [-0.2, 0) is 4.79 Å². The van der Waals surface area contributed by atoms with Crippen molar-refractivity contribution in [3.8, 4) is 5.75 Å². The fourth-order valence-electron chi connectivity index (χ4n) is 1.65. The zero-order valence-electron chi connectivity index (χ0n) is 10.9. The lowest BCUT2D eigenvalue weighted by Crippen LogP contribution is -2.40. The van der Waals surface area contributed by atoms with Crippen LogP contribution >= 0.6 is 0 Å². The highest BCUT2D eigenvalue weighted by atomic mass is 19.1. The molecule has 4 nitrogen and oxygen atoms in total. The Balaban J connectivity index is 2.75.